The normalized spacial score (nSPS) is 15.1. The minimum absolute atomic E-state index is 0.0956. The molecule has 180 valence electrons. The first-order valence-corrected chi connectivity index (χ1v) is 13.4. The first kappa shape index (κ1) is 24.9. The molecule has 1 N–H and O–H groups in total. The molecular weight excluding hydrogens is 438 g/mol. The van der Waals surface area contributed by atoms with Crippen molar-refractivity contribution in [2.75, 3.05) is 42.2 Å². The lowest BCUT2D eigenvalue weighted by molar-refractivity contribution is -0.121. The molecule has 1 saturated heterocycles. The summed E-state index contributed by atoms with van der Waals surface area (Å²) < 4.78 is 31.1. The molecule has 0 spiro atoms. The maximum absolute atomic E-state index is 12.5. The molecule has 1 atom stereocenters. The highest BCUT2D eigenvalue weighted by atomic mass is 32.2. The van der Waals surface area contributed by atoms with E-state index >= 15 is 0 Å². The smallest absolute Gasteiger partial charge is 0.232 e. The van der Waals surface area contributed by atoms with Gasteiger partial charge in [0.25, 0.3) is 0 Å². The van der Waals surface area contributed by atoms with Gasteiger partial charge in [-0.15, -0.1) is 0 Å². The number of nitrogens with one attached hydrogen (secondary N) is 1. The van der Waals surface area contributed by atoms with E-state index in [-0.39, 0.29) is 24.9 Å². The number of carbonyl (C=O) groups excluding carboxylic acids is 1. The summed E-state index contributed by atoms with van der Waals surface area (Å²) in [6, 6.07) is 15.2. The molecule has 8 heteroatoms. The highest BCUT2D eigenvalue weighted by molar-refractivity contribution is 7.92. The zero-order valence-electron chi connectivity index (χ0n) is 19.8. The number of piperidine rings is 1. The van der Waals surface area contributed by atoms with Gasteiger partial charge in [0.2, 0.25) is 15.9 Å². The van der Waals surface area contributed by atoms with Gasteiger partial charge in [-0.3, -0.25) is 9.10 Å². The Balaban J connectivity index is 1.52. The summed E-state index contributed by atoms with van der Waals surface area (Å²) in [7, 11) is -1.94. The fraction of sp³-hybridized carbons (Fsp3) is 0.480. The average molecular weight is 474 g/mol. The second kappa shape index (κ2) is 11.4. The molecule has 7 nitrogen and oxygen atoms in total. The van der Waals surface area contributed by atoms with Crippen molar-refractivity contribution in [3.8, 4) is 5.75 Å². The van der Waals surface area contributed by atoms with E-state index in [4.69, 9.17) is 4.74 Å². The summed E-state index contributed by atoms with van der Waals surface area (Å²) in [5, 5.41) is 3.03. The Morgan fingerprint density at radius 3 is 2.45 bits per heavy atom. The van der Waals surface area contributed by atoms with Crippen molar-refractivity contribution >= 4 is 27.3 Å². The SMILES string of the molecule is COc1cccc(N(CCCC(=O)N[C@H](C)c2ccc(N3CCCCC3)cc2)S(C)(=O)=O)c1. The Kier molecular flexibility index (Phi) is 8.61. The van der Waals surface area contributed by atoms with E-state index in [1.165, 1.54) is 42.6 Å². The lowest BCUT2D eigenvalue weighted by Crippen LogP contribution is -2.32. The number of sulfonamides is 1. The maximum atomic E-state index is 12.5. The van der Waals surface area contributed by atoms with Crippen LogP contribution < -0.4 is 19.3 Å². The Bertz CT molecular complexity index is 1020. The number of ether oxygens (including phenoxy) is 1. The Morgan fingerprint density at radius 1 is 1.12 bits per heavy atom. The van der Waals surface area contributed by atoms with Gasteiger partial charge in [0.15, 0.2) is 0 Å². The van der Waals surface area contributed by atoms with Crippen molar-refractivity contribution in [3.63, 3.8) is 0 Å². The van der Waals surface area contributed by atoms with Gasteiger partial charge in [0.1, 0.15) is 5.75 Å². The van der Waals surface area contributed by atoms with Crippen LogP contribution in [0.1, 0.15) is 50.6 Å². The topological polar surface area (TPSA) is 79.0 Å². The first-order valence-electron chi connectivity index (χ1n) is 11.5. The van der Waals surface area contributed by atoms with Gasteiger partial charge in [-0.25, -0.2) is 8.42 Å². The molecule has 1 heterocycles. The van der Waals surface area contributed by atoms with Crippen LogP contribution in [0.3, 0.4) is 0 Å². The summed E-state index contributed by atoms with van der Waals surface area (Å²) in [5.74, 6) is 0.487. The third kappa shape index (κ3) is 7.12. The summed E-state index contributed by atoms with van der Waals surface area (Å²) >= 11 is 0. The van der Waals surface area contributed by atoms with Crippen LogP contribution in [-0.4, -0.2) is 47.3 Å². The molecule has 33 heavy (non-hydrogen) atoms. The van der Waals surface area contributed by atoms with Crippen LogP contribution >= 0.6 is 0 Å². The molecule has 2 aromatic carbocycles. The van der Waals surface area contributed by atoms with Crippen molar-refractivity contribution in [3.05, 3.63) is 54.1 Å². The Labute approximate surface area is 197 Å². The maximum Gasteiger partial charge on any atom is 0.232 e. The Morgan fingerprint density at radius 2 is 1.82 bits per heavy atom. The van der Waals surface area contributed by atoms with E-state index in [0.717, 1.165) is 18.7 Å². The molecule has 1 aliphatic heterocycles. The van der Waals surface area contributed by atoms with E-state index in [1.54, 1.807) is 24.3 Å². The van der Waals surface area contributed by atoms with Crippen LogP contribution in [0.25, 0.3) is 0 Å². The van der Waals surface area contributed by atoms with E-state index in [2.05, 4.69) is 34.5 Å². The Hall–Kier alpha value is -2.74. The van der Waals surface area contributed by atoms with Crippen molar-refractivity contribution in [2.24, 2.45) is 0 Å². The molecule has 0 unspecified atom stereocenters. The monoisotopic (exact) mass is 473 g/mol. The molecule has 0 aromatic heterocycles. The minimum Gasteiger partial charge on any atom is -0.497 e. The van der Waals surface area contributed by atoms with Crippen LogP contribution in [0.2, 0.25) is 0 Å². The molecule has 1 fully saturated rings. The third-order valence-electron chi connectivity index (χ3n) is 6.00. The van der Waals surface area contributed by atoms with Gasteiger partial charge in [-0.05, 0) is 62.4 Å². The van der Waals surface area contributed by atoms with Gasteiger partial charge in [0, 0.05) is 37.8 Å². The van der Waals surface area contributed by atoms with E-state index in [9.17, 15) is 13.2 Å². The molecule has 0 radical (unpaired) electrons. The largest absolute Gasteiger partial charge is 0.497 e. The van der Waals surface area contributed by atoms with Crippen molar-refractivity contribution in [1.82, 2.24) is 5.32 Å². The van der Waals surface area contributed by atoms with E-state index in [1.807, 2.05) is 6.92 Å². The average Bonchev–Trinajstić information content (AvgIpc) is 2.81. The van der Waals surface area contributed by atoms with Crippen LogP contribution in [0.4, 0.5) is 11.4 Å². The minimum atomic E-state index is -3.48. The fourth-order valence-corrected chi connectivity index (χ4v) is 5.12. The van der Waals surface area contributed by atoms with Crippen LogP contribution in [0.15, 0.2) is 48.5 Å². The second-order valence-electron chi connectivity index (χ2n) is 8.57. The van der Waals surface area contributed by atoms with Crippen LogP contribution in [0.5, 0.6) is 5.75 Å². The molecule has 3 rings (SSSR count). The zero-order valence-corrected chi connectivity index (χ0v) is 20.6. The quantitative estimate of drug-likeness (QED) is 0.562. The number of nitrogens with zero attached hydrogens (tertiary/aromatic N) is 2. The third-order valence-corrected chi connectivity index (χ3v) is 7.19. The number of rotatable bonds is 10. The van der Waals surface area contributed by atoms with Crippen molar-refractivity contribution in [2.45, 2.75) is 45.1 Å². The molecule has 0 saturated carbocycles. The number of hydrogen-bond acceptors (Lipinski definition) is 5. The molecular formula is C25H35N3O4S. The van der Waals surface area contributed by atoms with E-state index in [0.29, 0.717) is 17.9 Å². The van der Waals surface area contributed by atoms with Crippen molar-refractivity contribution in [1.29, 1.82) is 0 Å². The second-order valence-corrected chi connectivity index (χ2v) is 10.5. The van der Waals surface area contributed by atoms with Gasteiger partial charge in [-0.2, -0.15) is 0 Å². The molecule has 1 amide bonds. The number of carbonyl (C=O) groups is 1. The van der Waals surface area contributed by atoms with E-state index < -0.39 is 10.0 Å². The highest BCUT2D eigenvalue weighted by Crippen LogP contribution is 2.24. The highest BCUT2D eigenvalue weighted by Gasteiger charge is 2.19. The molecule has 1 aliphatic rings. The summed E-state index contributed by atoms with van der Waals surface area (Å²) in [6.07, 6.45) is 5.61. The number of benzene rings is 2. The predicted molar refractivity (Wildman–Crippen MR) is 133 cm³/mol. The van der Waals surface area contributed by atoms with Gasteiger partial charge >= 0.3 is 0 Å². The molecule has 2 aromatic rings. The number of anilines is 2. The van der Waals surface area contributed by atoms with Gasteiger partial charge in [0.05, 0.1) is 25.1 Å². The summed E-state index contributed by atoms with van der Waals surface area (Å²) in [4.78, 5) is 14.9. The molecule has 0 bridgehead atoms. The fourth-order valence-electron chi connectivity index (χ4n) is 4.16. The molecule has 0 aliphatic carbocycles. The number of hydrogen-bond donors (Lipinski definition) is 1. The van der Waals surface area contributed by atoms with Crippen LogP contribution in [0, 0.1) is 0 Å². The van der Waals surface area contributed by atoms with Gasteiger partial charge in [-0.1, -0.05) is 18.2 Å². The standard InChI is InChI=1S/C25H35N3O4S/c1-20(21-12-14-22(15-13-21)27-16-5-4-6-17-27)26-25(29)11-8-18-28(33(3,30)31)23-9-7-10-24(19-23)32-2/h7,9-10,12-15,19-20H,4-6,8,11,16-18H2,1-3H3,(H,26,29)/t20-/m1/s1. The van der Waals surface area contributed by atoms with Crippen LogP contribution in [-0.2, 0) is 14.8 Å². The van der Waals surface area contributed by atoms with Crippen molar-refractivity contribution < 1.29 is 17.9 Å². The number of amides is 1. The number of methoxy groups -OCH3 is 1. The lowest BCUT2D eigenvalue weighted by Gasteiger charge is -2.29. The predicted octanol–water partition coefficient (Wildman–Crippen LogP) is 4.11. The summed E-state index contributed by atoms with van der Waals surface area (Å²) in [5.41, 5.74) is 2.81. The zero-order chi connectivity index (χ0) is 23.8. The van der Waals surface area contributed by atoms with Gasteiger partial charge < -0.3 is 15.0 Å². The lowest BCUT2D eigenvalue weighted by atomic mass is 10.1. The first-order chi connectivity index (χ1) is 15.8. The summed E-state index contributed by atoms with van der Waals surface area (Å²) in [6.45, 7) is 4.39.